The summed E-state index contributed by atoms with van der Waals surface area (Å²) in [6.07, 6.45) is 1.32. The maximum Gasteiger partial charge on any atom is 0.282 e. The number of anilines is 1. The monoisotopic (exact) mass is 417 g/mol. The Kier molecular flexibility index (Phi) is 4.72. The van der Waals surface area contributed by atoms with Gasteiger partial charge >= 0.3 is 0 Å². The zero-order valence-electron chi connectivity index (χ0n) is 13.4. The number of nitrogens with zero attached hydrogens (tertiary/aromatic N) is 2. The average molecular weight is 418 g/mol. The van der Waals surface area contributed by atoms with E-state index in [2.05, 4.69) is 21.4 Å². The summed E-state index contributed by atoms with van der Waals surface area (Å²) < 4.78 is 5.53. The lowest BCUT2D eigenvalue weighted by Crippen LogP contribution is -2.35. The average Bonchev–Trinajstić information content (AvgIpc) is 2.89. The summed E-state index contributed by atoms with van der Waals surface area (Å²) in [5, 5.41) is 12.1. The highest BCUT2D eigenvalue weighted by atomic mass is 79.9. The number of hydrazine groups is 1. The highest BCUT2D eigenvalue weighted by molar-refractivity contribution is 9.10. The molecule has 0 aromatic heterocycles. The summed E-state index contributed by atoms with van der Waals surface area (Å²) in [4.78, 5) is 35.2. The lowest BCUT2D eigenvalue weighted by atomic mass is 10.1. The lowest BCUT2D eigenvalue weighted by molar-refractivity contribution is -0.384. The molecule has 0 bridgehead atoms. The third-order valence-corrected chi connectivity index (χ3v) is 4.11. The van der Waals surface area contributed by atoms with Crippen molar-refractivity contribution in [2.45, 2.75) is 0 Å². The predicted octanol–water partition coefficient (Wildman–Crippen LogP) is 2.83. The molecule has 0 atom stereocenters. The van der Waals surface area contributed by atoms with E-state index >= 15 is 0 Å². The van der Waals surface area contributed by atoms with Gasteiger partial charge in [0.1, 0.15) is 11.3 Å². The number of amides is 2. The van der Waals surface area contributed by atoms with Gasteiger partial charge in [0.15, 0.2) is 0 Å². The van der Waals surface area contributed by atoms with Gasteiger partial charge in [-0.05, 0) is 42.0 Å². The molecule has 1 heterocycles. The number of methoxy groups -OCH3 is 1. The highest BCUT2D eigenvalue weighted by Crippen LogP contribution is 2.26. The lowest BCUT2D eigenvalue weighted by Gasteiger charge is -2.14. The van der Waals surface area contributed by atoms with E-state index in [4.69, 9.17) is 4.74 Å². The van der Waals surface area contributed by atoms with E-state index in [1.54, 1.807) is 30.3 Å². The number of nitro groups is 1. The van der Waals surface area contributed by atoms with Gasteiger partial charge in [0.05, 0.1) is 17.7 Å². The molecule has 3 rings (SSSR count). The van der Waals surface area contributed by atoms with Gasteiger partial charge in [0.2, 0.25) is 0 Å². The number of carbonyl (C=O) groups excluding carboxylic acids is 2. The van der Waals surface area contributed by atoms with Gasteiger partial charge in [-0.1, -0.05) is 15.9 Å². The minimum atomic E-state index is -0.589. The van der Waals surface area contributed by atoms with Gasteiger partial charge in [-0.15, -0.1) is 0 Å². The van der Waals surface area contributed by atoms with Gasteiger partial charge in [-0.25, -0.2) is 5.01 Å². The Labute approximate surface area is 156 Å². The first-order valence-electron chi connectivity index (χ1n) is 7.35. The summed E-state index contributed by atoms with van der Waals surface area (Å²) in [7, 11) is 1.52. The SMILES string of the molecule is COc1ccc(N2NC(=O)/C(=C\c3cc(Br)cc([N+](=O)[O-])c3)C2=O)cc1. The molecule has 132 valence electrons. The second kappa shape index (κ2) is 6.96. The topological polar surface area (TPSA) is 102 Å². The molecule has 1 saturated heterocycles. The molecule has 1 aliphatic rings. The van der Waals surface area contributed by atoms with Gasteiger partial charge in [0, 0.05) is 16.6 Å². The second-order valence-corrected chi connectivity index (χ2v) is 6.25. The normalized spacial score (nSPS) is 15.3. The van der Waals surface area contributed by atoms with E-state index in [0.717, 1.165) is 5.01 Å². The largest absolute Gasteiger partial charge is 0.497 e. The van der Waals surface area contributed by atoms with Gasteiger partial charge in [-0.3, -0.25) is 25.1 Å². The molecule has 0 saturated carbocycles. The number of nitro benzene ring substituents is 1. The number of halogens is 1. The van der Waals surface area contributed by atoms with E-state index in [1.165, 1.54) is 25.3 Å². The van der Waals surface area contributed by atoms with E-state index in [9.17, 15) is 19.7 Å². The Bertz CT molecular complexity index is 940. The molecule has 1 fully saturated rings. The van der Waals surface area contributed by atoms with Crippen molar-refractivity contribution < 1.29 is 19.2 Å². The molecule has 8 nitrogen and oxygen atoms in total. The third-order valence-electron chi connectivity index (χ3n) is 3.65. The molecule has 1 N–H and O–H groups in total. The number of benzene rings is 2. The third kappa shape index (κ3) is 3.42. The summed E-state index contributed by atoms with van der Waals surface area (Å²) >= 11 is 3.18. The Morgan fingerprint density at radius 1 is 1.19 bits per heavy atom. The van der Waals surface area contributed by atoms with Crippen LogP contribution >= 0.6 is 15.9 Å². The van der Waals surface area contributed by atoms with E-state index in [1.807, 2.05) is 0 Å². The Hall–Kier alpha value is -3.20. The van der Waals surface area contributed by atoms with Crippen molar-refractivity contribution >= 4 is 45.2 Å². The first-order valence-corrected chi connectivity index (χ1v) is 8.14. The van der Waals surface area contributed by atoms with E-state index in [0.29, 0.717) is 21.5 Å². The minimum Gasteiger partial charge on any atom is -0.497 e. The van der Waals surface area contributed by atoms with E-state index < -0.39 is 16.7 Å². The summed E-state index contributed by atoms with van der Waals surface area (Å²) in [5.41, 5.74) is 3.03. The molecular formula is C17H12BrN3O5. The zero-order chi connectivity index (χ0) is 18.8. The first kappa shape index (κ1) is 17.6. The standard InChI is InChI=1S/C17H12BrN3O5/c1-26-14-4-2-12(3-5-14)20-17(23)15(16(22)19-20)8-10-6-11(18)9-13(7-10)21(24)25/h2-9H,1H3,(H,19,22)/b15-8+. The van der Waals surface area contributed by atoms with Gasteiger partial charge in [0.25, 0.3) is 17.5 Å². The van der Waals surface area contributed by atoms with Crippen LogP contribution in [0.5, 0.6) is 5.75 Å². The van der Waals surface area contributed by atoms with Gasteiger partial charge in [-0.2, -0.15) is 0 Å². The fraction of sp³-hybridized carbons (Fsp3) is 0.0588. The van der Waals surface area contributed by atoms with Crippen LogP contribution in [0.2, 0.25) is 0 Å². The van der Waals surface area contributed by atoms with Crippen molar-refractivity contribution in [2.24, 2.45) is 0 Å². The Balaban J connectivity index is 1.93. The molecule has 0 unspecified atom stereocenters. The fourth-order valence-electron chi connectivity index (χ4n) is 2.42. The van der Waals surface area contributed by atoms with Crippen molar-refractivity contribution in [2.75, 3.05) is 12.1 Å². The van der Waals surface area contributed by atoms with Crippen LogP contribution in [0.25, 0.3) is 6.08 Å². The van der Waals surface area contributed by atoms with Crippen molar-refractivity contribution in [3.63, 3.8) is 0 Å². The summed E-state index contributed by atoms with van der Waals surface area (Å²) in [6, 6.07) is 10.8. The van der Waals surface area contributed by atoms with Crippen LogP contribution in [-0.4, -0.2) is 23.8 Å². The van der Waals surface area contributed by atoms with Crippen molar-refractivity contribution in [3.05, 3.63) is 68.2 Å². The first-order chi connectivity index (χ1) is 12.4. The number of nitrogens with one attached hydrogen (secondary N) is 1. The molecule has 0 aliphatic carbocycles. The van der Waals surface area contributed by atoms with Crippen LogP contribution in [0.3, 0.4) is 0 Å². The van der Waals surface area contributed by atoms with Gasteiger partial charge < -0.3 is 4.74 Å². The molecule has 1 aliphatic heterocycles. The molecule has 2 amide bonds. The molecule has 2 aromatic rings. The smallest absolute Gasteiger partial charge is 0.282 e. The van der Waals surface area contributed by atoms with Crippen LogP contribution in [0, 0.1) is 10.1 Å². The zero-order valence-corrected chi connectivity index (χ0v) is 15.0. The summed E-state index contributed by atoms with van der Waals surface area (Å²) in [5.74, 6) is -0.528. The van der Waals surface area contributed by atoms with Crippen molar-refractivity contribution in [1.29, 1.82) is 0 Å². The highest BCUT2D eigenvalue weighted by Gasteiger charge is 2.34. The molecular weight excluding hydrogens is 406 g/mol. The molecule has 2 aromatic carbocycles. The number of rotatable bonds is 4. The minimum absolute atomic E-state index is 0.117. The van der Waals surface area contributed by atoms with Crippen LogP contribution in [-0.2, 0) is 9.59 Å². The maximum absolute atomic E-state index is 12.6. The number of ether oxygens (including phenoxy) is 1. The van der Waals surface area contributed by atoms with Crippen molar-refractivity contribution in [1.82, 2.24) is 5.43 Å². The number of carbonyl (C=O) groups is 2. The fourth-order valence-corrected chi connectivity index (χ4v) is 2.92. The maximum atomic E-state index is 12.6. The van der Waals surface area contributed by atoms with Crippen LogP contribution in [0.4, 0.5) is 11.4 Å². The molecule has 26 heavy (non-hydrogen) atoms. The van der Waals surface area contributed by atoms with Crippen molar-refractivity contribution in [3.8, 4) is 5.75 Å². The van der Waals surface area contributed by atoms with E-state index in [-0.39, 0.29) is 11.3 Å². The van der Waals surface area contributed by atoms with Crippen LogP contribution in [0.1, 0.15) is 5.56 Å². The van der Waals surface area contributed by atoms with Crippen LogP contribution < -0.4 is 15.2 Å². The number of hydrogen-bond acceptors (Lipinski definition) is 5. The number of hydrogen-bond donors (Lipinski definition) is 1. The predicted molar refractivity (Wildman–Crippen MR) is 97.4 cm³/mol. The molecule has 0 spiro atoms. The number of non-ortho nitro benzene ring substituents is 1. The summed E-state index contributed by atoms with van der Waals surface area (Å²) in [6.45, 7) is 0. The Morgan fingerprint density at radius 2 is 1.88 bits per heavy atom. The quantitative estimate of drug-likeness (QED) is 0.356. The van der Waals surface area contributed by atoms with Crippen LogP contribution in [0.15, 0.2) is 52.5 Å². The molecule has 9 heteroatoms. The second-order valence-electron chi connectivity index (χ2n) is 5.34. The Morgan fingerprint density at radius 3 is 2.50 bits per heavy atom. The molecule has 0 radical (unpaired) electrons.